The highest BCUT2D eigenvalue weighted by molar-refractivity contribution is 9.10. The van der Waals surface area contributed by atoms with Crippen molar-refractivity contribution < 1.29 is 9.90 Å². The summed E-state index contributed by atoms with van der Waals surface area (Å²) >= 11 is 3.38. The van der Waals surface area contributed by atoms with Gasteiger partial charge in [0, 0.05) is 33.8 Å². The minimum Gasteiger partial charge on any atom is -0.394 e. The number of halogens is 1. The fourth-order valence-corrected chi connectivity index (χ4v) is 2.88. The molecule has 0 aliphatic carbocycles. The van der Waals surface area contributed by atoms with Gasteiger partial charge in [-0.3, -0.25) is 9.78 Å². The van der Waals surface area contributed by atoms with Crippen LogP contribution >= 0.6 is 15.9 Å². The first-order chi connectivity index (χ1) is 13.4. The molecule has 3 aromatic rings. The highest BCUT2D eigenvalue weighted by atomic mass is 79.9. The number of carbonyl (C=O) groups excluding carboxylic acids is 1. The van der Waals surface area contributed by atoms with Crippen LogP contribution in [0.1, 0.15) is 42.9 Å². The van der Waals surface area contributed by atoms with Crippen LogP contribution in [0.15, 0.2) is 41.0 Å². The minimum absolute atomic E-state index is 0.108. The van der Waals surface area contributed by atoms with E-state index >= 15 is 0 Å². The van der Waals surface area contributed by atoms with Crippen molar-refractivity contribution in [3.8, 4) is 16.9 Å². The Morgan fingerprint density at radius 3 is 2.68 bits per heavy atom. The second kappa shape index (κ2) is 8.57. The van der Waals surface area contributed by atoms with E-state index in [0.717, 1.165) is 10.0 Å². The van der Waals surface area contributed by atoms with Gasteiger partial charge in [0.05, 0.1) is 18.0 Å². The molecule has 2 aromatic heterocycles. The van der Waals surface area contributed by atoms with Crippen molar-refractivity contribution in [3.05, 3.63) is 52.4 Å². The summed E-state index contributed by atoms with van der Waals surface area (Å²) in [5.74, 6) is 0.507. The number of hydrogen-bond donors (Lipinski definition) is 2. The third-order valence-corrected chi connectivity index (χ3v) is 4.58. The molecule has 0 radical (unpaired) electrons. The lowest BCUT2D eigenvalue weighted by Crippen LogP contribution is -2.35. The van der Waals surface area contributed by atoms with E-state index in [0.29, 0.717) is 22.8 Å². The van der Waals surface area contributed by atoms with Crippen molar-refractivity contribution in [2.75, 3.05) is 6.61 Å². The summed E-state index contributed by atoms with van der Waals surface area (Å²) in [5.41, 5.74) is 2.57. The maximum atomic E-state index is 12.7. The quantitative estimate of drug-likeness (QED) is 0.605. The lowest BCUT2D eigenvalue weighted by Gasteiger charge is -2.14. The van der Waals surface area contributed by atoms with Gasteiger partial charge in [0.1, 0.15) is 0 Å². The molecule has 2 N–H and O–H groups in total. The van der Waals surface area contributed by atoms with E-state index in [1.807, 2.05) is 32.0 Å². The van der Waals surface area contributed by atoms with E-state index in [4.69, 9.17) is 0 Å². The van der Waals surface area contributed by atoms with E-state index in [1.165, 1.54) is 0 Å². The van der Waals surface area contributed by atoms with Crippen LogP contribution in [0, 0.1) is 0 Å². The molecular formula is C19H21BrN6O2. The molecule has 0 spiro atoms. The molecule has 8 nitrogen and oxygen atoms in total. The van der Waals surface area contributed by atoms with Crippen molar-refractivity contribution in [2.24, 2.45) is 0 Å². The van der Waals surface area contributed by atoms with Crippen molar-refractivity contribution in [1.29, 1.82) is 0 Å². The summed E-state index contributed by atoms with van der Waals surface area (Å²) in [6.45, 7) is 5.59. The highest BCUT2D eigenvalue weighted by Gasteiger charge is 2.17. The summed E-state index contributed by atoms with van der Waals surface area (Å²) in [6.07, 6.45) is 1.70. The third-order valence-electron chi connectivity index (χ3n) is 4.11. The van der Waals surface area contributed by atoms with Crippen molar-refractivity contribution in [3.63, 3.8) is 0 Å². The number of tetrazole rings is 1. The first-order valence-electron chi connectivity index (χ1n) is 8.86. The molecule has 0 fully saturated rings. The van der Waals surface area contributed by atoms with Gasteiger partial charge in [-0.25, -0.2) is 0 Å². The van der Waals surface area contributed by atoms with Crippen LogP contribution < -0.4 is 5.32 Å². The summed E-state index contributed by atoms with van der Waals surface area (Å²) in [5, 5.41) is 24.0. The van der Waals surface area contributed by atoms with Crippen LogP contribution in [0.4, 0.5) is 0 Å². The molecule has 1 aromatic carbocycles. The van der Waals surface area contributed by atoms with E-state index in [1.54, 1.807) is 29.9 Å². The molecule has 0 bridgehead atoms. The van der Waals surface area contributed by atoms with Gasteiger partial charge in [0.15, 0.2) is 5.82 Å². The van der Waals surface area contributed by atoms with Gasteiger partial charge in [-0.1, -0.05) is 13.8 Å². The fraction of sp³-hybridized carbons (Fsp3) is 0.316. The van der Waals surface area contributed by atoms with E-state index in [2.05, 4.69) is 41.8 Å². The molecule has 0 aliphatic rings. The van der Waals surface area contributed by atoms with Crippen LogP contribution in [0.25, 0.3) is 16.9 Å². The molecule has 1 amide bonds. The van der Waals surface area contributed by atoms with Crippen molar-refractivity contribution >= 4 is 21.8 Å². The summed E-state index contributed by atoms with van der Waals surface area (Å²) in [4.78, 5) is 17.1. The number of pyridine rings is 1. The zero-order valence-electron chi connectivity index (χ0n) is 15.8. The molecule has 1 unspecified atom stereocenters. The largest absolute Gasteiger partial charge is 0.394 e. The van der Waals surface area contributed by atoms with Gasteiger partial charge < -0.3 is 10.4 Å². The number of carbonyl (C=O) groups is 1. The van der Waals surface area contributed by atoms with Crippen LogP contribution in [0.2, 0.25) is 0 Å². The van der Waals surface area contributed by atoms with Gasteiger partial charge in [0.25, 0.3) is 5.91 Å². The Balaban J connectivity index is 2.12. The average molecular weight is 445 g/mol. The Hall–Kier alpha value is -2.65. The predicted octanol–water partition coefficient (Wildman–Crippen LogP) is 2.72. The van der Waals surface area contributed by atoms with Gasteiger partial charge >= 0.3 is 0 Å². The topological polar surface area (TPSA) is 106 Å². The summed E-state index contributed by atoms with van der Waals surface area (Å²) in [7, 11) is 0. The molecule has 2 heterocycles. The Bertz CT molecular complexity index is 971. The Morgan fingerprint density at radius 1 is 1.25 bits per heavy atom. The Labute approximate surface area is 171 Å². The summed E-state index contributed by atoms with van der Waals surface area (Å²) < 4.78 is 2.49. The van der Waals surface area contributed by atoms with E-state index < -0.39 is 0 Å². The molecule has 146 valence electrons. The molecule has 0 saturated carbocycles. The lowest BCUT2D eigenvalue weighted by molar-refractivity contribution is 0.0922. The predicted molar refractivity (Wildman–Crippen MR) is 108 cm³/mol. The molecule has 0 aliphatic heterocycles. The number of hydrogen-bond acceptors (Lipinski definition) is 6. The number of aliphatic hydroxyl groups is 1. The van der Waals surface area contributed by atoms with E-state index in [9.17, 15) is 9.90 Å². The highest BCUT2D eigenvalue weighted by Crippen LogP contribution is 2.25. The van der Waals surface area contributed by atoms with Crippen LogP contribution in [0.3, 0.4) is 0 Å². The number of rotatable bonds is 6. The van der Waals surface area contributed by atoms with Gasteiger partial charge in [-0.2, -0.15) is 4.68 Å². The van der Waals surface area contributed by atoms with Crippen LogP contribution in [-0.4, -0.2) is 48.9 Å². The Kier molecular flexibility index (Phi) is 6.15. The number of aromatic nitrogens is 5. The van der Waals surface area contributed by atoms with Crippen LogP contribution in [-0.2, 0) is 0 Å². The van der Waals surface area contributed by atoms with Crippen LogP contribution in [0.5, 0.6) is 0 Å². The van der Waals surface area contributed by atoms with Crippen molar-refractivity contribution in [1.82, 2.24) is 30.5 Å². The number of aliphatic hydroxyl groups excluding tert-OH is 1. The normalized spacial score (nSPS) is 12.2. The fourth-order valence-electron chi connectivity index (χ4n) is 2.65. The molecule has 3 rings (SSSR count). The number of nitrogens with one attached hydrogen (secondary N) is 1. The second-order valence-corrected chi connectivity index (χ2v) is 7.71. The number of benzene rings is 1. The average Bonchev–Trinajstić information content (AvgIpc) is 3.18. The van der Waals surface area contributed by atoms with E-state index in [-0.39, 0.29) is 24.5 Å². The third kappa shape index (κ3) is 4.42. The Morgan fingerprint density at radius 2 is 2.04 bits per heavy atom. The smallest absolute Gasteiger partial charge is 0.251 e. The maximum Gasteiger partial charge on any atom is 0.251 e. The lowest BCUT2D eigenvalue weighted by atomic mass is 10.0. The van der Waals surface area contributed by atoms with Gasteiger partial charge in [0.2, 0.25) is 0 Å². The molecule has 0 saturated heterocycles. The second-order valence-electron chi connectivity index (χ2n) is 6.79. The molecule has 9 heteroatoms. The first kappa shape index (κ1) is 20.1. The molecule has 28 heavy (non-hydrogen) atoms. The monoisotopic (exact) mass is 444 g/mol. The number of amides is 1. The van der Waals surface area contributed by atoms with Gasteiger partial charge in [-0.15, -0.1) is 5.10 Å². The standard InChI is InChI=1S/C19H21BrN6O2/c1-11(2)18-23-24-25-26(18)16-7-13(17-5-4-15(20)9-21-17)6-14(8-16)19(28)22-12(3)10-27/h4-9,11-12,27H,10H2,1-3H3,(H,22,28). The first-order valence-corrected chi connectivity index (χ1v) is 9.65. The molecule has 1 atom stereocenters. The maximum absolute atomic E-state index is 12.7. The SMILES string of the molecule is CC(CO)NC(=O)c1cc(-c2ccc(Br)cn2)cc(-n2nnnc2C(C)C)c1. The number of nitrogens with zero attached hydrogens (tertiary/aromatic N) is 5. The summed E-state index contributed by atoms with van der Waals surface area (Å²) in [6, 6.07) is 8.78. The molecular weight excluding hydrogens is 424 g/mol. The van der Waals surface area contributed by atoms with Crippen molar-refractivity contribution in [2.45, 2.75) is 32.7 Å². The zero-order chi connectivity index (χ0) is 20.3. The minimum atomic E-state index is -0.357. The van der Waals surface area contributed by atoms with Gasteiger partial charge in [-0.05, 0) is 63.6 Å². The zero-order valence-corrected chi connectivity index (χ0v) is 17.4.